The fourth-order valence-corrected chi connectivity index (χ4v) is 4.60. The monoisotopic (exact) mass is 588 g/mol. The van der Waals surface area contributed by atoms with E-state index in [2.05, 4.69) is 21.2 Å². The molecule has 1 aliphatic rings. The molecule has 0 saturated carbocycles. The molecular weight excluding hydrogens is 567 g/mol. The Hall–Kier alpha value is -3.00. The molecule has 3 aromatic carbocycles. The van der Waals surface area contributed by atoms with Gasteiger partial charge in [0.25, 0.3) is 5.91 Å². The summed E-state index contributed by atoms with van der Waals surface area (Å²) in [5.74, 6) is 0.592. The molecule has 4 rings (SSSR count). The number of aryl methyl sites for hydroxylation is 1. The number of urea groups is 1. The first-order valence-electron chi connectivity index (χ1n) is 11.2. The summed E-state index contributed by atoms with van der Waals surface area (Å²) in [5.41, 5.74) is 3.54. The van der Waals surface area contributed by atoms with Crippen LogP contribution >= 0.6 is 39.1 Å². The van der Waals surface area contributed by atoms with Crippen LogP contribution in [0.1, 0.15) is 29.2 Å². The average Bonchev–Trinajstić information content (AvgIpc) is 3.08. The van der Waals surface area contributed by atoms with Crippen LogP contribution in [0.3, 0.4) is 0 Å². The maximum atomic E-state index is 13.0. The summed E-state index contributed by atoms with van der Waals surface area (Å²) in [6, 6.07) is 15.9. The highest BCUT2D eigenvalue weighted by Crippen LogP contribution is 2.36. The van der Waals surface area contributed by atoms with Crippen molar-refractivity contribution in [2.45, 2.75) is 27.0 Å². The molecule has 186 valence electrons. The third kappa shape index (κ3) is 6.03. The molecule has 0 radical (unpaired) electrons. The Morgan fingerprint density at radius 3 is 2.53 bits per heavy atom. The van der Waals surface area contributed by atoms with Crippen LogP contribution in [0, 0.1) is 6.92 Å². The number of halogens is 3. The summed E-state index contributed by atoms with van der Waals surface area (Å²) in [4.78, 5) is 26.7. The van der Waals surface area contributed by atoms with Crippen molar-refractivity contribution in [1.82, 2.24) is 10.2 Å². The smallest absolute Gasteiger partial charge is 0.329 e. The molecule has 1 heterocycles. The van der Waals surface area contributed by atoms with E-state index in [1.807, 2.05) is 38.1 Å². The molecule has 0 unspecified atom stereocenters. The molecule has 0 aromatic heterocycles. The van der Waals surface area contributed by atoms with Gasteiger partial charge < -0.3 is 14.8 Å². The van der Waals surface area contributed by atoms with Crippen molar-refractivity contribution in [3.05, 3.63) is 97.1 Å². The van der Waals surface area contributed by atoms with Crippen molar-refractivity contribution in [2.24, 2.45) is 0 Å². The van der Waals surface area contributed by atoms with Crippen LogP contribution in [-0.4, -0.2) is 23.4 Å². The first-order valence-corrected chi connectivity index (χ1v) is 12.7. The summed E-state index contributed by atoms with van der Waals surface area (Å²) in [7, 11) is 0. The van der Waals surface area contributed by atoms with Crippen molar-refractivity contribution in [3.8, 4) is 11.5 Å². The molecule has 0 bridgehead atoms. The molecule has 1 N–H and O–H groups in total. The highest BCUT2D eigenvalue weighted by Gasteiger charge is 2.33. The van der Waals surface area contributed by atoms with Crippen molar-refractivity contribution in [2.75, 3.05) is 6.61 Å². The lowest BCUT2D eigenvalue weighted by atomic mass is 10.1. The molecule has 3 aromatic rings. The largest absolute Gasteiger partial charge is 0.490 e. The summed E-state index contributed by atoms with van der Waals surface area (Å²) in [5, 5.41) is 3.72. The highest BCUT2D eigenvalue weighted by molar-refractivity contribution is 9.10. The van der Waals surface area contributed by atoms with Crippen LogP contribution < -0.4 is 14.8 Å². The molecule has 0 spiro atoms. The second-order valence-electron chi connectivity index (χ2n) is 8.15. The van der Waals surface area contributed by atoms with Gasteiger partial charge in [-0.15, -0.1) is 0 Å². The Labute approximate surface area is 227 Å². The third-order valence-electron chi connectivity index (χ3n) is 5.45. The van der Waals surface area contributed by atoms with Gasteiger partial charge in [-0.3, -0.25) is 9.69 Å². The molecule has 1 fully saturated rings. The Morgan fingerprint density at radius 1 is 1.03 bits per heavy atom. The van der Waals surface area contributed by atoms with Crippen LogP contribution in [0.15, 0.2) is 64.8 Å². The molecule has 6 nitrogen and oxygen atoms in total. The van der Waals surface area contributed by atoms with Gasteiger partial charge in [0, 0.05) is 20.1 Å². The number of carbonyl (C=O) groups excluding carboxylic acids is 2. The summed E-state index contributed by atoms with van der Waals surface area (Å²) >= 11 is 15.8. The van der Waals surface area contributed by atoms with Gasteiger partial charge in [-0.1, -0.05) is 75.0 Å². The number of carbonyl (C=O) groups is 2. The Balaban J connectivity index is 1.56. The number of ether oxygens (including phenoxy) is 2. The minimum absolute atomic E-state index is 0.178. The van der Waals surface area contributed by atoms with Crippen LogP contribution in [-0.2, 0) is 17.9 Å². The van der Waals surface area contributed by atoms with Crippen molar-refractivity contribution in [1.29, 1.82) is 0 Å². The zero-order valence-electron chi connectivity index (χ0n) is 19.6. The Kier molecular flexibility index (Phi) is 8.24. The van der Waals surface area contributed by atoms with E-state index in [0.717, 1.165) is 16.7 Å². The third-order valence-corrected chi connectivity index (χ3v) is 6.72. The van der Waals surface area contributed by atoms with Gasteiger partial charge in [0.2, 0.25) is 0 Å². The van der Waals surface area contributed by atoms with Crippen molar-refractivity contribution in [3.63, 3.8) is 0 Å². The molecule has 3 amide bonds. The van der Waals surface area contributed by atoms with Crippen LogP contribution in [0.2, 0.25) is 10.0 Å². The molecule has 36 heavy (non-hydrogen) atoms. The van der Waals surface area contributed by atoms with E-state index >= 15 is 0 Å². The summed E-state index contributed by atoms with van der Waals surface area (Å²) < 4.78 is 12.4. The van der Waals surface area contributed by atoms with Crippen molar-refractivity contribution < 1.29 is 19.1 Å². The van der Waals surface area contributed by atoms with Gasteiger partial charge in [0.1, 0.15) is 12.3 Å². The number of amides is 3. The second kappa shape index (κ2) is 11.4. The van der Waals surface area contributed by atoms with Gasteiger partial charge in [-0.05, 0) is 55.3 Å². The van der Waals surface area contributed by atoms with E-state index in [-0.39, 0.29) is 18.8 Å². The Bertz CT molecular complexity index is 1360. The first-order chi connectivity index (χ1) is 17.2. The molecule has 0 aliphatic carbocycles. The fourth-order valence-electron chi connectivity index (χ4n) is 3.70. The Morgan fingerprint density at radius 2 is 1.81 bits per heavy atom. The minimum atomic E-state index is -0.464. The van der Waals surface area contributed by atoms with Gasteiger partial charge in [-0.2, -0.15) is 0 Å². The topological polar surface area (TPSA) is 67.9 Å². The lowest BCUT2D eigenvalue weighted by Crippen LogP contribution is -2.30. The van der Waals surface area contributed by atoms with E-state index in [0.29, 0.717) is 38.2 Å². The predicted molar refractivity (Wildman–Crippen MR) is 144 cm³/mol. The van der Waals surface area contributed by atoms with E-state index in [9.17, 15) is 9.59 Å². The van der Waals surface area contributed by atoms with Crippen LogP contribution in [0.25, 0.3) is 6.08 Å². The number of nitrogens with zero attached hydrogens (tertiary/aromatic N) is 1. The first kappa shape index (κ1) is 26.1. The predicted octanol–water partition coefficient (Wildman–Crippen LogP) is 7.13. The summed E-state index contributed by atoms with van der Waals surface area (Å²) in [6.07, 6.45) is 1.61. The zero-order chi connectivity index (χ0) is 25.8. The van der Waals surface area contributed by atoms with Gasteiger partial charge >= 0.3 is 6.03 Å². The lowest BCUT2D eigenvalue weighted by Gasteiger charge is -2.15. The van der Waals surface area contributed by atoms with Crippen molar-refractivity contribution >= 4 is 57.1 Å². The molecular formula is C27H23BrCl2N2O4. The van der Waals surface area contributed by atoms with Gasteiger partial charge in [-0.25, -0.2) is 4.79 Å². The van der Waals surface area contributed by atoms with Crippen LogP contribution in [0.4, 0.5) is 4.79 Å². The van der Waals surface area contributed by atoms with E-state index in [1.165, 1.54) is 4.90 Å². The van der Waals surface area contributed by atoms with E-state index in [4.69, 9.17) is 32.7 Å². The number of hydrogen-bond donors (Lipinski definition) is 1. The molecule has 1 aliphatic heterocycles. The standard InChI is InChI=1S/C27H23BrCl2N2O4/c1-3-35-24-11-19(21(28)13-25(24)36-15-18-7-8-20(29)12-22(18)30)10-23-26(33)32(27(34)31-23)14-17-6-4-5-16(2)9-17/h4-13H,3,14-15H2,1-2H3,(H,31,34)/b23-10+. The summed E-state index contributed by atoms with van der Waals surface area (Å²) in [6.45, 7) is 4.64. The van der Waals surface area contributed by atoms with E-state index < -0.39 is 11.9 Å². The number of imide groups is 1. The second-order valence-corrected chi connectivity index (χ2v) is 9.84. The normalized spacial score (nSPS) is 14.4. The lowest BCUT2D eigenvalue weighted by molar-refractivity contribution is -0.123. The number of rotatable bonds is 8. The SMILES string of the molecule is CCOc1cc(/C=C2/NC(=O)N(Cc3cccc(C)c3)C2=O)c(Br)cc1OCc1ccc(Cl)cc1Cl. The maximum Gasteiger partial charge on any atom is 0.329 e. The minimum Gasteiger partial charge on any atom is -0.490 e. The molecule has 1 saturated heterocycles. The maximum absolute atomic E-state index is 13.0. The number of benzene rings is 3. The van der Waals surface area contributed by atoms with Crippen LogP contribution in [0.5, 0.6) is 11.5 Å². The molecule has 0 atom stereocenters. The quantitative estimate of drug-likeness (QED) is 0.224. The fraction of sp³-hybridized carbons (Fsp3) is 0.185. The number of nitrogens with one attached hydrogen (secondary N) is 1. The average molecular weight is 590 g/mol. The van der Waals surface area contributed by atoms with Gasteiger partial charge in [0.05, 0.1) is 13.2 Å². The number of hydrogen-bond acceptors (Lipinski definition) is 4. The van der Waals surface area contributed by atoms with E-state index in [1.54, 1.807) is 36.4 Å². The zero-order valence-corrected chi connectivity index (χ0v) is 22.7. The van der Waals surface area contributed by atoms with Gasteiger partial charge in [0.15, 0.2) is 11.5 Å². The highest BCUT2D eigenvalue weighted by atomic mass is 79.9. The molecule has 9 heteroatoms.